The summed E-state index contributed by atoms with van der Waals surface area (Å²) >= 11 is 0. The average Bonchev–Trinajstić information content (AvgIpc) is 2.52. The molecule has 1 saturated heterocycles. The van der Waals surface area contributed by atoms with Gasteiger partial charge in [0.25, 0.3) is 0 Å². The Morgan fingerprint density at radius 3 is 3.00 bits per heavy atom. The molecule has 1 rings (SSSR count). The summed E-state index contributed by atoms with van der Waals surface area (Å²) < 4.78 is 0. The Bertz CT molecular complexity index is 239. The molecule has 3 nitrogen and oxygen atoms in total. The van der Waals surface area contributed by atoms with Crippen LogP contribution in [0.15, 0.2) is 0 Å². The minimum Gasteiger partial charge on any atom is -0.472 e. The van der Waals surface area contributed by atoms with Crippen LogP contribution in [0.3, 0.4) is 0 Å². The number of nitrogens with zero attached hydrogens (tertiary/aromatic N) is 1. The van der Waals surface area contributed by atoms with E-state index in [1.54, 1.807) is 0 Å². The molecule has 1 N–H and O–H groups in total. The second-order valence-corrected chi connectivity index (χ2v) is 3.36. The minimum atomic E-state index is -1.02. The van der Waals surface area contributed by atoms with E-state index in [1.807, 2.05) is 0 Å². The fraction of sp³-hybridized carbons (Fsp3) is 0.700. The first kappa shape index (κ1) is 10.1. The first-order valence-corrected chi connectivity index (χ1v) is 4.66. The van der Waals surface area contributed by atoms with Crippen LogP contribution in [0.1, 0.15) is 19.8 Å². The highest BCUT2D eigenvalue weighted by Crippen LogP contribution is 2.18. The zero-order chi connectivity index (χ0) is 9.68. The van der Waals surface area contributed by atoms with Crippen LogP contribution in [0, 0.1) is 17.8 Å². The van der Waals surface area contributed by atoms with Crippen LogP contribution >= 0.6 is 0 Å². The first-order chi connectivity index (χ1) is 6.22. The maximum Gasteiger partial charge on any atom is 0.381 e. The monoisotopic (exact) mass is 181 g/mol. The maximum atomic E-state index is 10.1. The standard InChI is InChI=1S/C10H15NO2/c1-2-11-7-6-9(8-11)4-3-5-10(12)13/h9H,2,4,6-8H2,1H3,(H,12,13). The molecule has 0 spiro atoms. The third kappa shape index (κ3) is 3.47. The Kier molecular flexibility index (Phi) is 3.78. The van der Waals surface area contributed by atoms with E-state index < -0.39 is 5.97 Å². The maximum absolute atomic E-state index is 10.1. The van der Waals surface area contributed by atoms with Gasteiger partial charge in [-0.15, -0.1) is 0 Å². The number of aliphatic carboxylic acids is 1. The Labute approximate surface area is 78.7 Å². The second kappa shape index (κ2) is 4.88. The fourth-order valence-electron chi connectivity index (χ4n) is 1.64. The lowest BCUT2D eigenvalue weighted by molar-refractivity contribution is -0.130. The zero-order valence-corrected chi connectivity index (χ0v) is 7.92. The third-order valence-electron chi connectivity index (χ3n) is 2.40. The molecule has 1 aliphatic heterocycles. The quantitative estimate of drug-likeness (QED) is 0.641. The number of likely N-dealkylation sites (tertiary alicyclic amines) is 1. The molecule has 0 amide bonds. The van der Waals surface area contributed by atoms with E-state index in [0.29, 0.717) is 5.92 Å². The van der Waals surface area contributed by atoms with E-state index in [9.17, 15) is 4.79 Å². The molecule has 1 heterocycles. The molecule has 0 bridgehead atoms. The molecular formula is C10H15NO2. The van der Waals surface area contributed by atoms with Crippen LogP contribution in [0.4, 0.5) is 0 Å². The third-order valence-corrected chi connectivity index (χ3v) is 2.40. The van der Waals surface area contributed by atoms with Gasteiger partial charge in [0.1, 0.15) is 0 Å². The van der Waals surface area contributed by atoms with Crippen LogP contribution in [0.5, 0.6) is 0 Å². The van der Waals surface area contributed by atoms with E-state index in [1.165, 1.54) is 0 Å². The summed E-state index contributed by atoms with van der Waals surface area (Å²) in [6, 6.07) is 0. The topological polar surface area (TPSA) is 40.5 Å². The van der Waals surface area contributed by atoms with E-state index >= 15 is 0 Å². The van der Waals surface area contributed by atoms with E-state index in [-0.39, 0.29) is 0 Å². The van der Waals surface area contributed by atoms with Crippen LogP contribution < -0.4 is 0 Å². The molecule has 1 aliphatic rings. The number of carboxylic acids is 1. The van der Waals surface area contributed by atoms with Gasteiger partial charge >= 0.3 is 5.97 Å². The minimum absolute atomic E-state index is 0.576. The molecule has 0 aromatic rings. The highest BCUT2D eigenvalue weighted by Gasteiger charge is 2.19. The van der Waals surface area contributed by atoms with Gasteiger partial charge in [-0.3, -0.25) is 0 Å². The fourth-order valence-corrected chi connectivity index (χ4v) is 1.64. The predicted octanol–water partition coefficient (Wildman–Crippen LogP) is 0.806. The Hall–Kier alpha value is -1.01. The SMILES string of the molecule is CCN1CCC(CC#CC(=O)O)C1. The summed E-state index contributed by atoms with van der Waals surface area (Å²) in [4.78, 5) is 12.5. The van der Waals surface area contributed by atoms with Crippen LogP contribution in [-0.4, -0.2) is 35.6 Å². The van der Waals surface area contributed by atoms with Crippen molar-refractivity contribution in [2.75, 3.05) is 19.6 Å². The van der Waals surface area contributed by atoms with Crippen molar-refractivity contribution < 1.29 is 9.90 Å². The molecule has 0 radical (unpaired) electrons. The molecule has 13 heavy (non-hydrogen) atoms. The summed E-state index contributed by atoms with van der Waals surface area (Å²) in [5.74, 6) is 4.40. The van der Waals surface area contributed by atoms with Crippen LogP contribution in [0.2, 0.25) is 0 Å². The molecule has 0 aromatic heterocycles. The molecule has 1 unspecified atom stereocenters. The second-order valence-electron chi connectivity index (χ2n) is 3.36. The van der Waals surface area contributed by atoms with Gasteiger partial charge in [-0.25, -0.2) is 4.79 Å². The predicted molar refractivity (Wildman–Crippen MR) is 50.2 cm³/mol. The van der Waals surface area contributed by atoms with Crippen molar-refractivity contribution in [3.63, 3.8) is 0 Å². The molecule has 1 fully saturated rings. The van der Waals surface area contributed by atoms with Crippen molar-refractivity contribution in [3.8, 4) is 11.8 Å². The summed E-state index contributed by atoms with van der Waals surface area (Å²) in [5.41, 5.74) is 0. The molecule has 1 atom stereocenters. The average molecular weight is 181 g/mol. The Morgan fingerprint density at radius 1 is 1.69 bits per heavy atom. The van der Waals surface area contributed by atoms with Crippen molar-refractivity contribution in [2.45, 2.75) is 19.8 Å². The van der Waals surface area contributed by atoms with Crippen LogP contribution in [-0.2, 0) is 4.79 Å². The molecular weight excluding hydrogens is 166 g/mol. The largest absolute Gasteiger partial charge is 0.472 e. The van der Waals surface area contributed by atoms with Gasteiger partial charge in [-0.2, -0.15) is 0 Å². The Morgan fingerprint density at radius 2 is 2.46 bits per heavy atom. The summed E-state index contributed by atoms with van der Waals surface area (Å²) in [5, 5.41) is 8.30. The van der Waals surface area contributed by atoms with Gasteiger partial charge in [-0.1, -0.05) is 12.8 Å². The first-order valence-electron chi connectivity index (χ1n) is 4.66. The van der Waals surface area contributed by atoms with Gasteiger partial charge < -0.3 is 10.0 Å². The summed E-state index contributed by atoms with van der Waals surface area (Å²) in [7, 11) is 0. The lowest BCUT2D eigenvalue weighted by atomic mass is 10.1. The van der Waals surface area contributed by atoms with Crippen molar-refractivity contribution in [3.05, 3.63) is 0 Å². The smallest absolute Gasteiger partial charge is 0.381 e. The molecule has 72 valence electrons. The van der Waals surface area contributed by atoms with Crippen molar-refractivity contribution >= 4 is 5.97 Å². The highest BCUT2D eigenvalue weighted by molar-refractivity contribution is 5.86. The van der Waals surface area contributed by atoms with Crippen molar-refractivity contribution in [2.24, 2.45) is 5.92 Å². The summed E-state index contributed by atoms with van der Waals surface area (Å²) in [6.07, 6.45) is 1.88. The Balaban J connectivity index is 2.25. The highest BCUT2D eigenvalue weighted by atomic mass is 16.4. The van der Waals surface area contributed by atoms with Gasteiger partial charge in [0.15, 0.2) is 0 Å². The molecule has 3 heteroatoms. The van der Waals surface area contributed by atoms with Gasteiger partial charge in [0.05, 0.1) is 0 Å². The van der Waals surface area contributed by atoms with E-state index in [0.717, 1.165) is 32.5 Å². The van der Waals surface area contributed by atoms with Gasteiger partial charge in [0, 0.05) is 18.9 Å². The lowest BCUT2D eigenvalue weighted by Gasteiger charge is -2.10. The van der Waals surface area contributed by atoms with E-state index in [4.69, 9.17) is 5.11 Å². The number of carbonyl (C=O) groups is 1. The van der Waals surface area contributed by atoms with Crippen molar-refractivity contribution in [1.29, 1.82) is 0 Å². The lowest BCUT2D eigenvalue weighted by Crippen LogP contribution is -2.19. The number of carboxylic acid groups (broad SMARTS) is 1. The van der Waals surface area contributed by atoms with E-state index in [2.05, 4.69) is 23.7 Å². The number of rotatable bonds is 2. The van der Waals surface area contributed by atoms with Gasteiger partial charge in [-0.05, 0) is 25.4 Å². The van der Waals surface area contributed by atoms with Crippen LogP contribution in [0.25, 0.3) is 0 Å². The molecule has 0 aliphatic carbocycles. The summed E-state index contributed by atoms with van der Waals surface area (Å²) in [6.45, 7) is 5.44. The number of hydrogen-bond acceptors (Lipinski definition) is 2. The number of hydrogen-bond donors (Lipinski definition) is 1. The zero-order valence-electron chi connectivity index (χ0n) is 7.92. The molecule has 0 aromatic carbocycles. The van der Waals surface area contributed by atoms with Crippen molar-refractivity contribution in [1.82, 2.24) is 4.90 Å². The normalized spacial score (nSPS) is 22.4. The van der Waals surface area contributed by atoms with Gasteiger partial charge in [0.2, 0.25) is 0 Å². The molecule has 0 saturated carbocycles.